The van der Waals surface area contributed by atoms with Crippen molar-refractivity contribution in [2.45, 2.75) is 13.8 Å². The van der Waals surface area contributed by atoms with Crippen LogP contribution in [0.2, 0.25) is 0 Å². The second kappa shape index (κ2) is 7.15. The second-order valence-corrected chi connectivity index (χ2v) is 7.34. The number of nitrogens with one attached hydrogen (secondary N) is 1. The number of nitrogens with zero attached hydrogens (tertiary/aromatic N) is 4. The Morgan fingerprint density at radius 2 is 1.89 bits per heavy atom. The van der Waals surface area contributed by atoms with Crippen molar-refractivity contribution < 1.29 is 4.74 Å². The van der Waals surface area contributed by atoms with Crippen molar-refractivity contribution in [1.82, 2.24) is 19.5 Å². The third-order valence-electron chi connectivity index (χ3n) is 4.20. The minimum absolute atomic E-state index is 0.719. The van der Waals surface area contributed by atoms with E-state index in [0.29, 0.717) is 0 Å². The maximum atomic E-state index is 6.07. The van der Waals surface area contributed by atoms with Gasteiger partial charge in [0.1, 0.15) is 17.3 Å². The minimum Gasteiger partial charge on any atom is -0.457 e. The quantitative estimate of drug-likeness (QED) is 0.331. The SMILES string of the molecule is Cc1cc(Nc2ccc(Oc3ccc4c(c3)ncn4C)c(C)c2)nc(I)n1. The van der Waals surface area contributed by atoms with Crippen molar-refractivity contribution >= 4 is 45.1 Å². The van der Waals surface area contributed by atoms with E-state index >= 15 is 0 Å². The number of imidazole rings is 1. The first kappa shape index (κ1) is 17.7. The fraction of sp³-hybridized carbons (Fsp3) is 0.150. The van der Waals surface area contributed by atoms with Gasteiger partial charge in [-0.2, -0.15) is 0 Å². The Balaban J connectivity index is 1.55. The van der Waals surface area contributed by atoms with Gasteiger partial charge in [-0.3, -0.25) is 0 Å². The second-order valence-electron chi connectivity index (χ2n) is 6.38. The monoisotopic (exact) mass is 471 g/mol. The first-order valence-electron chi connectivity index (χ1n) is 8.46. The molecule has 2 heterocycles. The summed E-state index contributed by atoms with van der Waals surface area (Å²) in [6.45, 7) is 3.98. The molecule has 27 heavy (non-hydrogen) atoms. The van der Waals surface area contributed by atoms with E-state index in [0.717, 1.165) is 49.1 Å². The average Bonchev–Trinajstić information content (AvgIpc) is 2.97. The maximum Gasteiger partial charge on any atom is 0.192 e. The predicted octanol–water partition coefficient (Wildman–Crippen LogP) is 5.12. The van der Waals surface area contributed by atoms with Crippen molar-refractivity contribution in [2.24, 2.45) is 7.05 Å². The van der Waals surface area contributed by atoms with E-state index in [1.807, 2.05) is 67.9 Å². The van der Waals surface area contributed by atoms with Crippen molar-refractivity contribution in [1.29, 1.82) is 0 Å². The molecule has 0 aliphatic carbocycles. The molecule has 7 heteroatoms. The summed E-state index contributed by atoms with van der Waals surface area (Å²) in [6.07, 6.45) is 1.80. The molecule has 0 radical (unpaired) electrons. The van der Waals surface area contributed by atoms with Gasteiger partial charge in [0.15, 0.2) is 3.83 Å². The molecular formula is C20H18IN5O. The lowest BCUT2D eigenvalue weighted by Gasteiger charge is -2.12. The number of anilines is 2. The van der Waals surface area contributed by atoms with E-state index in [1.54, 1.807) is 6.33 Å². The van der Waals surface area contributed by atoms with Gasteiger partial charge in [0, 0.05) is 53.2 Å². The van der Waals surface area contributed by atoms with Gasteiger partial charge >= 0.3 is 0 Å². The third-order valence-corrected chi connectivity index (χ3v) is 4.68. The molecule has 0 unspecified atom stereocenters. The number of hydrogen-bond donors (Lipinski definition) is 1. The molecule has 2 aromatic carbocycles. The van der Waals surface area contributed by atoms with Gasteiger partial charge in [-0.1, -0.05) is 0 Å². The number of aromatic nitrogens is 4. The summed E-state index contributed by atoms with van der Waals surface area (Å²) in [5.41, 5.74) is 4.90. The molecule has 136 valence electrons. The summed E-state index contributed by atoms with van der Waals surface area (Å²) < 4.78 is 8.77. The number of rotatable bonds is 4. The lowest BCUT2D eigenvalue weighted by Crippen LogP contribution is -1.99. The van der Waals surface area contributed by atoms with E-state index in [4.69, 9.17) is 4.74 Å². The van der Waals surface area contributed by atoms with E-state index < -0.39 is 0 Å². The fourth-order valence-electron chi connectivity index (χ4n) is 2.89. The van der Waals surface area contributed by atoms with Crippen molar-refractivity contribution in [3.8, 4) is 11.5 Å². The van der Waals surface area contributed by atoms with Gasteiger partial charge in [-0.25, -0.2) is 15.0 Å². The Morgan fingerprint density at radius 1 is 1.04 bits per heavy atom. The predicted molar refractivity (Wildman–Crippen MR) is 115 cm³/mol. The van der Waals surface area contributed by atoms with Crippen molar-refractivity contribution in [3.63, 3.8) is 0 Å². The zero-order chi connectivity index (χ0) is 19.0. The number of hydrogen-bond acceptors (Lipinski definition) is 5. The van der Waals surface area contributed by atoms with Crippen LogP contribution in [0, 0.1) is 17.7 Å². The first-order valence-corrected chi connectivity index (χ1v) is 9.53. The van der Waals surface area contributed by atoms with E-state index in [2.05, 4.69) is 42.9 Å². The van der Waals surface area contributed by atoms with E-state index in [1.165, 1.54) is 0 Å². The molecule has 4 rings (SSSR count). The van der Waals surface area contributed by atoms with Crippen LogP contribution in [0.3, 0.4) is 0 Å². The van der Waals surface area contributed by atoms with Crippen molar-refractivity contribution in [3.05, 3.63) is 63.9 Å². The van der Waals surface area contributed by atoms with Crippen LogP contribution >= 0.6 is 22.6 Å². The van der Waals surface area contributed by atoms with Gasteiger partial charge in [0.2, 0.25) is 0 Å². The first-order chi connectivity index (χ1) is 13.0. The van der Waals surface area contributed by atoms with Crippen LogP contribution in [-0.2, 0) is 7.05 Å². The fourth-order valence-corrected chi connectivity index (χ4v) is 3.53. The summed E-state index contributed by atoms with van der Waals surface area (Å²) in [7, 11) is 1.98. The molecule has 0 fully saturated rings. The molecule has 0 saturated carbocycles. The average molecular weight is 471 g/mol. The van der Waals surface area contributed by atoms with Crippen LogP contribution in [0.4, 0.5) is 11.5 Å². The van der Waals surface area contributed by atoms with Crippen molar-refractivity contribution in [2.75, 3.05) is 5.32 Å². The highest BCUT2D eigenvalue weighted by molar-refractivity contribution is 14.1. The summed E-state index contributed by atoms with van der Waals surface area (Å²) in [5.74, 6) is 2.36. The van der Waals surface area contributed by atoms with Crippen LogP contribution < -0.4 is 10.1 Å². The Bertz CT molecular complexity index is 1120. The molecule has 0 amide bonds. The highest BCUT2D eigenvalue weighted by Crippen LogP contribution is 2.30. The van der Waals surface area contributed by atoms with Gasteiger partial charge in [0.25, 0.3) is 0 Å². The molecular weight excluding hydrogens is 453 g/mol. The highest BCUT2D eigenvalue weighted by Gasteiger charge is 2.07. The van der Waals surface area contributed by atoms with Crippen LogP contribution in [0.5, 0.6) is 11.5 Å². The molecule has 0 bridgehead atoms. The molecule has 4 aromatic rings. The van der Waals surface area contributed by atoms with Gasteiger partial charge in [-0.05, 0) is 49.7 Å². The highest BCUT2D eigenvalue weighted by atomic mass is 127. The number of ether oxygens (including phenoxy) is 1. The zero-order valence-corrected chi connectivity index (χ0v) is 17.4. The summed E-state index contributed by atoms with van der Waals surface area (Å²) in [6, 6.07) is 13.8. The van der Waals surface area contributed by atoms with Gasteiger partial charge in [0.05, 0.1) is 17.4 Å². The molecule has 0 aliphatic heterocycles. The van der Waals surface area contributed by atoms with E-state index in [9.17, 15) is 0 Å². The number of halogens is 1. The number of fused-ring (bicyclic) bond motifs is 1. The summed E-state index contributed by atoms with van der Waals surface area (Å²) in [4.78, 5) is 13.1. The standard InChI is InChI=1S/C20H18IN5O/c1-12-8-14(24-19-9-13(2)23-20(21)25-19)4-7-18(12)27-15-5-6-17-16(10-15)22-11-26(17)3/h4-11H,1-3H3,(H,23,24,25). The van der Waals surface area contributed by atoms with E-state index in [-0.39, 0.29) is 0 Å². The Kier molecular flexibility index (Phi) is 4.69. The number of aryl methyl sites for hydroxylation is 3. The summed E-state index contributed by atoms with van der Waals surface area (Å²) >= 11 is 2.12. The molecule has 0 aliphatic rings. The molecule has 0 atom stereocenters. The summed E-state index contributed by atoms with van der Waals surface area (Å²) in [5, 5.41) is 3.32. The van der Waals surface area contributed by atoms with Crippen LogP contribution in [0.15, 0.2) is 48.8 Å². The molecule has 1 N–H and O–H groups in total. The number of benzene rings is 2. The van der Waals surface area contributed by atoms with Gasteiger partial charge in [-0.15, -0.1) is 0 Å². The third kappa shape index (κ3) is 3.87. The normalized spacial score (nSPS) is 11.0. The Hall–Kier alpha value is -2.68. The smallest absolute Gasteiger partial charge is 0.192 e. The lowest BCUT2D eigenvalue weighted by molar-refractivity contribution is 0.479. The molecule has 0 spiro atoms. The molecule has 2 aromatic heterocycles. The molecule has 0 saturated heterocycles. The maximum absolute atomic E-state index is 6.07. The molecule has 6 nitrogen and oxygen atoms in total. The largest absolute Gasteiger partial charge is 0.457 e. The zero-order valence-electron chi connectivity index (χ0n) is 15.2. The Morgan fingerprint density at radius 3 is 2.67 bits per heavy atom. The van der Waals surface area contributed by atoms with Crippen LogP contribution in [0.25, 0.3) is 11.0 Å². The van der Waals surface area contributed by atoms with Crippen LogP contribution in [0.1, 0.15) is 11.3 Å². The van der Waals surface area contributed by atoms with Crippen LogP contribution in [-0.4, -0.2) is 19.5 Å². The Labute approximate surface area is 170 Å². The van der Waals surface area contributed by atoms with Gasteiger partial charge < -0.3 is 14.6 Å². The minimum atomic E-state index is 0.719. The lowest BCUT2D eigenvalue weighted by atomic mass is 10.2. The topological polar surface area (TPSA) is 64.9 Å².